The van der Waals surface area contributed by atoms with Crippen molar-refractivity contribution in [1.82, 2.24) is 0 Å². The van der Waals surface area contributed by atoms with E-state index >= 15 is 0 Å². The zero-order chi connectivity index (χ0) is 15.5. The van der Waals surface area contributed by atoms with Crippen molar-refractivity contribution in [3.63, 3.8) is 0 Å². The van der Waals surface area contributed by atoms with E-state index in [4.69, 9.17) is 9.47 Å². The molecule has 3 rings (SSSR count). The van der Waals surface area contributed by atoms with E-state index in [-0.39, 0.29) is 6.61 Å². The van der Waals surface area contributed by atoms with E-state index in [0.29, 0.717) is 5.56 Å². The maximum absolute atomic E-state index is 11.8. The van der Waals surface area contributed by atoms with E-state index in [1.807, 2.05) is 0 Å². The van der Waals surface area contributed by atoms with E-state index in [1.54, 1.807) is 44.2 Å². The summed E-state index contributed by atoms with van der Waals surface area (Å²) in [5, 5.41) is 30.6. The van der Waals surface area contributed by atoms with Crippen molar-refractivity contribution in [3.8, 4) is 0 Å². The number of hydrogen-bond donors (Lipinski definition) is 3. The molecule has 2 aliphatic rings. The maximum Gasteiger partial charge on any atom is 0.338 e. The average molecular weight is 294 g/mol. The molecule has 6 heteroatoms. The van der Waals surface area contributed by atoms with Gasteiger partial charge in [0.25, 0.3) is 0 Å². The van der Waals surface area contributed by atoms with Gasteiger partial charge in [-0.25, -0.2) is 4.79 Å². The second-order valence-corrected chi connectivity index (χ2v) is 6.10. The normalized spacial score (nSPS) is 39.7. The second kappa shape index (κ2) is 4.27. The molecule has 1 aromatic rings. The Balaban J connectivity index is 1.63. The molecule has 21 heavy (non-hydrogen) atoms. The number of ether oxygens (including phenoxy) is 2. The molecule has 1 aliphatic carbocycles. The molecule has 0 amide bonds. The van der Waals surface area contributed by atoms with Crippen LogP contribution in [0.4, 0.5) is 0 Å². The van der Waals surface area contributed by atoms with E-state index in [0.717, 1.165) is 0 Å². The van der Waals surface area contributed by atoms with Gasteiger partial charge in [0.05, 0.1) is 11.0 Å². The summed E-state index contributed by atoms with van der Waals surface area (Å²) in [6, 6.07) is 8.41. The van der Waals surface area contributed by atoms with Crippen molar-refractivity contribution >= 4 is 5.97 Å². The summed E-state index contributed by atoms with van der Waals surface area (Å²) in [6.07, 6.45) is -2.28. The fourth-order valence-electron chi connectivity index (χ4n) is 3.12. The molecule has 2 fully saturated rings. The van der Waals surface area contributed by atoms with E-state index in [1.165, 1.54) is 0 Å². The Kier molecular flexibility index (Phi) is 2.94. The number of rotatable bonds is 3. The van der Waals surface area contributed by atoms with Crippen LogP contribution in [0.25, 0.3) is 0 Å². The molecular formula is C15H18O6. The van der Waals surface area contributed by atoms with Crippen molar-refractivity contribution in [3.05, 3.63) is 35.9 Å². The summed E-state index contributed by atoms with van der Waals surface area (Å²) in [7, 11) is 0. The first kappa shape index (κ1) is 14.5. The van der Waals surface area contributed by atoms with Gasteiger partial charge in [-0.05, 0) is 12.1 Å². The van der Waals surface area contributed by atoms with Gasteiger partial charge in [0.2, 0.25) is 5.79 Å². The Bertz CT molecular complexity index is 571. The Morgan fingerprint density at radius 3 is 2.43 bits per heavy atom. The fraction of sp³-hybridized carbons (Fsp3) is 0.533. The molecule has 1 saturated heterocycles. The Morgan fingerprint density at radius 1 is 1.29 bits per heavy atom. The zero-order valence-electron chi connectivity index (χ0n) is 11.8. The molecule has 1 saturated carbocycles. The summed E-state index contributed by atoms with van der Waals surface area (Å²) < 4.78 is 10.4. The van der Waals surface area contributed by atoms with E-state index in [9.17, 15) is 20.1 Å². The van der Waals surface area contributed by atoms with Crippen LogP contribution >= 0.6 is 0 Å². The minimum atomic E-state index is -1.80. The van der Waals surface area contributed by atoms with Crippen molar-refractivity contribution in [2.24, 2.45) is 5.41 Å². The Hall–Kier alpha value is -1.47. The highest BCUT2D eigenvalue weighted by atomic mass is 16.7. The molecule has 0 unspecified atom stereocenters. The quantitative estimate of drug-likeness (QED) is 0.682. The minimum absolute atomic E-state index is 0.240. The average Bonchev–Trinajstić information content (AvgIpc) is 2.69. The van der Waals surface area contributed by atoms with Gasteiger partial charge in [-0.15, -0.1) is 0 Å². The number of aliphatic hydroxyl groups is 3. The summed E-state index contributed by atoms with van der Waals surface area (Å²) >= 11 is 0. The molecule has 0 spiro atoms. The van der Waals surface area contributed by atoms with Crippen LogP contribution in [0.2, 0.25) is 0 Å². The SMILES string of the molecule is CC1(C)[C@]2(O)O[C@H](COC(=O)c3ccccc3)[C@H](O)[C@]12O. The number of benzene rings is 1. The third-order valence-corrected chi connectivity index (χ3v) is 4.74. The lowest BCUT2D eigenvalue weighted by atomic mass is 9.98. The molecule has 1 aromatic carbocycles. The zero-order valence-corrected chi connectivity index (χ0v) is 11.8. The largest absolute Gasteiger partial charge is 0.459 e. The van der Waals surface area contributed by atoms with Crippen LogP contribution < -0.4 is 0 Å². The molecule has 6 nitrogen and oxygen atoms in total. The van der Waals surface area contributed by atoms with Gasteiger partial charge in [0, 0.05) is 0 Å². The molecule has 1 heterocycles. The number of aliphatic hydroxyl groups excluding tert-OH is 1. The molecule has 0 radical (unpaired) electrons. The monoisotopic (exact) mass is 294 g/mol. The van der Waals surface area contributed by atoms with Gasteiger partial charge < -0.3 is 24.8 Å². The van der Waals surface area contributed by atoms with Gasteiger partial charge in [0.15, 0.2) is 5.60 Å². The molecule has 0 aromatic heterocycles. The first-order chi connectivity index (χ1) is 9.75. The summed E-state index contributed by atoms with van der Waals surface area (Å²) in [4.78, 5) is 11.8. The molecule has 1 aliphatic heterocycles. The number of esters is 1. The fourth-order valence-corrected chi connectivity index (χ4v) is 3.12. The Labute approximate surface area is 121 Å². The standard InChI is InChI=1S/C15H18O6/c1-13(2)14(18)11(16)10(21-15(13,14)19)8-20-12(17)9-6-4-3-5-7-9/h3-7,10-11,16,18-19H,8H2,1-2H3/t10-,11+,14+,15+/m1/s1. The highest BCUT2D eigenvalue weighted by Gasteiger charge is 2.92. The minimum Gasteiger partial charge on any atom is -0.459 e. The number of carbonyl (C=O) groups excluding carboxylic acids is 1. The van der Waals surface area contributed by atoms with Gasteiger partial charge in [-0.3, -0.25) is 0 Å². The maximum atomic E-state index is 11.8. The topological polar surface area (TPSA) is 96.2 Å². The van der Waals surface area contributed by atoms with Crippen molar-refractivity contribution in [2.45, 2.75) is 37.4 Å². The molecule has 0 bridgehead atoms. The highest BCUT2D eigenvalue weighted by molar-refractivity contribution is 5.89. The van der Waals surface area contributed by atoms with Gasteiger partial charge in [0.1, 0.15) is 18.8 Å². The lowest BCUT2D eigenvalue weighted by Crippen LogP contribution is -2.42. The highest BCUT2D eigenvalue weighted by Crippen LogP contribution is 2.71. The van der Waals surface area contributed by atoms with Gasteiger partial charge >= 0.3 is 5.97 Å². The van der Waals surface area contributed by atoms with Crippen LogP contribution in [-0.4, -0.2) is 51.5 Å². The molecule has 114 valence electrons. The third-order valence-electron chi connectivity index (χ3n) is 4.74. The second-order valence-electron chi connectivity index (χ2n) is 6.10. The van der Waals surface area contributed by atoms with Crippen LogP contribution in [0.3, 0.4) is 0 Å². The first-order valence-electron chi connectivity index (χ1n) is 6.78. The van der Waals surface area contributed by atoms with Crippen molar-refractivity contribution in [2.75, 3.05) is 6.61 Å². The smallest absolute Gasteiger partial charge is 0.338 e. The van der Waals surface area contributed by atoms with Crippen LogP contribution in [-0.2, 0) is 9.47 Å². The summed E-state index contributed by atoms with van der Waals surface area (Å²) in [6.45, 7) is 2.96. The Morgan fingerprint density at radius 2 is 1.90 bits per heavy atom. The van der Waals surface area contributed by atoms with Gasteiger partial charge in [-0.1, -0.05) is 32.0 Å². The molecular weight excluding hydrogens is 276 g/mol. The van der Waals surface area contributed by atoms with Crippen molar-refractivity contribution < 1.29 is 29.6 Å². The van der Waals surface area contributed by atoms with Crippen molar-refractivity contribution in [1.29, 1.82) is 0 Å². The lowest BCUT2D eigenvalue weighted by molar-refractivity contribution is -0.179. The first-order valence-corrected chi connectivity index (χ1v) is 6.78. The van der Waals surface area contributed by atoms with Crippen LogP contribution in [0.1, 0.15) is 24.2 Å². The number of hydrogen-bond acceptors (Lipinski definition) is 6. The lowest BCUT2D eigenvalue weighted by Gasteiger charge is -2.24. The van der Waals surface area contributed by atoms with Gasteiger partial charge in [-0.2, -0.15) is 0 Å². The van der Waals surface area contributed by atoms with Crippen LogP contribution in [0.5, 0.6) is 0 Å². The molecule has 3 N–H and O–H groups in total. The number of carbonyl (C=O) groups is 1. The van der Waals surface area contributed by atoms with Crippen LogP contribution in [0, 0.1) is 5.41 Å². The predicted molar refractivity (Wildman–Crippen MR) is 71.3 cm³/mol. The van der Waals surface area contributed by atoms with E-state index < -0.39 is 35.0 Å². The predicted octanol–water partition coefficient (Wildman–Crippen LogP) is 0.0626. The summed E-state index contributed by atoms with van der Waals surface area (Å²) in [5.74, 6) is -2.35. The van der Waals surface area contributed by atoms with Crippen LogP contribution in [0.15, 0.2) is 30.3 Å². The third kappa shape index (κ3) is 1.64. The molecule has 4 atom stereocenters. The number of fused-ring (bicyclic) bond motifs is 1. The van der Waals surface area contributed by atoms with E-state index in [2.05, 4.69) is 0 Å². The summed E-state index contributed by atoms with van der Waals surface area (Å²) in [5.41, 5.74) is -2.31.